The molecule has 3 rings (SSSR count). The zero-order valence-electron chi connectivity index (χ0n) is 14.5. The highest BCUT2D eigenvalue weighted by Gasteiger charge is 2.30. The summed E-state index contributed by atoms with van der Waals surface area (Å²) in [6, 6.07) is 11.4. The number of hydrazone groups is 1. The fraction of sp³-hybridized carbons (Fsp3) is 0.222. The van der Waals surface area contributed by atoms with E-state index in [0.717, 1.165) is 5.56 Å². The Balaban J connectivity index is 1.58. The van der Waals surface area contributed by atoms with Crippen LogP contribution in [0, 0.1) is 15.9 Å². The molecule has 2 aromatic carbocycles. The summed E-state index contributed by atoms with van der Waals surface area (Å²) in [6.45, 7) is 1.70. The molecule has 9 heteroatoms. The van der Waals surface area contributed by atoms with E-state index < -0.39 is 11.0 Å². The number of carbonyl (C=O) groups is 1. The van der Waals surface area contributed by atoms with Gasteiger partial charge in [0.1, 0.15) is 11.9 Å². The summed E-state index contributed by atoms with van der Waals surface area (Å²) in [5, 5.41) is 14.7. The van der Waals surface area contributed by atoms with Gasteiger partial charge in [-0.3, -0.25) is 14.9 Å². The van der Waals surface area contributed by atoms with E-state index in [9.17, 15) is 19.3 Å². The number of nitro benzene ring substituents is 1. The van der Waals surface area contributed by atoms with Gasteiger partial charge in [0.15, 0.2) is 0 Å². The summed E-state index contributed by atoms with van der Waals surface area (Å²) in [5.74, 6) is -0.622. The van der Waals surface area contributed by atoms with Crippen LogP contribution in [-0.2, 0) is 4.79 Å². The lowest BCUT2D eigenvalue weighted by Gasteiger charge is -2.09. The first kappa shape index (κ1) is 18.6. The van der Waals surface area contributed by atoms with Crippen LogP contribution < -0.4 is 16.3 Å². The number of nitrogens with zero attached hydrogens (tertiary/aromatic N) is 2. The molecule has 140 valence electrons. The van der Waals surface area contributed by atoms with Gasteiger partial charge in [-0.15, -0.1) is 0 Å². The lowest BCUT2D eigenvalue weighted by Crippen LogP contribution is -2.41. The Morgan fingerprint density at radius 1 is 1.19 bits per heavy atom. The number of hydrogen-bond acceptors (Lipinski definition) is 6. The smallest absolute Gasteiger partial charge is 0.269 e. The molecule has 0 radical (unpaired) electrons. The topological polar surface area (TPSA) is 109 Å². The summed E-state index contributed by atoms with van der Waals surface area (Å²) < 4.78 is 13.0. The number of hydrogen-bond donors (Lipinski definition) is 3. The summed E-state index contributed by atoms with van der Waals surface area (Å²) >= 11 is 0. The normalized spacial score (nSPS) is 19.7. The zero-order valence-corrected chi connectivity index (χ0v) is 14.5. The second kappa shape index (κ2) is 8.02. The van der Waals surface area contributed by atoms with E-state index in [-0.39, 0.29) is 23.5 Å². The molecule has 0 aliphatic carbocycles. The van der Waals surface area contributed by atoms with Crippen LogP contribution in [0.4, 0.5) is 10.1 Å². The largest absolute Gasteiger partial charge is 0.271 e. The molecule has 1 fully saturated rings. The number of nitrogens with one attached hydrogen (secondary N) is 3. The maximum Gasteiger partial charge on any atom is 0.269 e. The predicted molar refractivity (Wildman–Crippen MR) is 97.3 cm³/mol. The van der Waals surface area contributed by atoms with E-state index in [0.29, 0.717) is 17.7 Å². The van der Waals surface area contributed by atoms with Crippen molar-refractivity contribution in [3.05, 3.63) is 75.6 Å². The average molecular weight is 371 g/mol. The maximum absolute atomic E-state index is 13.0. The molecule has 1 saturated heterocycles. The molecule has 1 aliphatic heterocycles. The van der Waals surface area contributed by atoms with Crippen LogP contribution >= 0.6 is 0 Å². The molecule has 27 heavy (non-hydrogen) atoms. The zero-order chi connectivity index (χ0) is 19.4. The summed E-state index contributed by atoms with van der Waals surface area (Å²) in [4.78, 5) is 22.5. The second-order valence-electron chi connectivity index (χ2n) is 6.16. The monoisotopic (exact) mass is 371 g/mol. The Bertz CT molecular complexity index is 868. The third kappa shape index (κ3) is 4.52. The third-order valence-corrected chi connectivity index (χ3v) is 4.32. The number of amides is 1. The Morgan fingerprint density at radius 2 is 1.85 bits per heavy atom. The van der Waals surface area contributed by atoms with Crippen molar-refractivity contribution in [1.29, 1.82) is 0 Å². The highest BCUT2D eigenvalue weighted by molar-refractivity contribution is 5.99. The Morgan fingerprint density at radius 3 is 2.48 bits per heavy atom. The number of nitro groups is 1. The SMILES string of the molecule is C/C(=N\NC(=O)C1CC(c2ccc(F)cc2)NN1)c1ccc([N+](=O)[O-])cc1. The minimum Gasteiger partial charge on any atom is -0.271 e. The molecule has 0 bridgehead atoms. The van der Waals surface area contributed by atoms with Crippen LogP contribution in [0.3, 0.4) is 0 Å². The van der Waals surface area contributed by atoms with Crippen LogP contribution in [0.2, 0.25) is 0 Å². The molecule has 1 amide bonds. The molecule has 2 aromatic rings. The first-order chi connectivity index (χ1) is 12.9. The molecular formula is C18H18FN5O3. The van der Waals surface area contributed by atoms with Gasteiger partial charge in [0.2, 0.25) is 0 Å². The van der Waals surface area contributed by atoms with E-state index in [1.807, 2.05) is 0 Å². The highest BCUT2D eigenvalue weighted by atomic mass is 19.1. The van der Waals surface area contributed by atoms with E-state index in [4.69, 9.17) is 0 Å². The van der Waals surface area contributed by atoms with Crippen molar-refractivity contribution in [2.24, 2.45) is 5.10 Å². The van der Waals surface area contributed by atoms with Gasteiger partial charge in [0.25, 0.3) is 11.6 Å². The van der Waals surface area contributed by atoms with Crippen molar-refractivity contribution in [3.8, 4) is 0 Å². The Hall–Kier alpha value is -3.17. The highest BCUT2D eigenvalue weighted by Crippen LogP contribution is 2.22. The van der Waals surface area contributed by atoms with Gasteiger partial charge in [-0.05, 0) is 48.7 Å². The van der Waals surface area contributed by atoms with Gasteiger partial charge in [0, 0.05) is 18.2 Å². The Kier molecular flexibility index (Phi) is 5.53. The van der Waals surface area contributed by atoms with Gasteiger partial charge in [-0.1, -0.05) is 12.1 Å². The van der Waals surface area contributed by atoms with Crippen LogP contribution in [0.1, 0.15) is 30.5 Å². The molecule has 0 saturated carbocycles. The van der Waals surface area contributed by atoms with Crippen molar-refractivity contribution >= 4 is 17.3 Å². The molecule has 0 aromatic heterocycles. The lowest BCUT2D eigenvalue weighted by molar-refractivity contribution is -0.384. The van der Waals surface area contributed by atoms with Crippen molar-refractivity contribution in [2.75, 3.05) is 0 Å². The first-order valence-corrected chi connectivity index (χ1v) is 8.29. The molecule has 2 atom stereocenters. The number of benzene rings is 2. The predicted octanol–water partition coefficient (Wildman–Crippen LogP) is 2.18. The molecular weight excluding hydrogens is 353 g/mol. The van der Waals surface area contributed by atoms with Crippen molar-refractivity contribution in [2.45, 2.75) is 25.4 Å². The van der Waals surface area contributed by atoms with Crippen molar-refractivity contribution < 1.29 is 14.1 Å². The number of non-ortho nitro benzene ring substituents is 1. The minimum atomic E-state index is -0.492. The lowest BCUT2D eigenvalue weighted by atomic mass is 10.0. The average Bonchev–Trinajstić information content (AvgIpc) is 3.16. The van der Waals surface area contributed by atoms with Gasteiger partial charge in [-0.2, -0.15) is 5.10 Å². The van der Waals surface area contributed by atoms with Gasteiger partial charge in [-0.25, -0.2) is 20.7 Å². The quantitative estimate of drug-likeness (QED) is 0.424. The standard InChI is InChI=1S/C18H18FN5O3/c1-11(12-4-8-15(9-5-12)24(26)27)20-23-18(25)17-10-16(21-22-17)13-2-6-14(19)7-3-13/h2-9,16-17,21-22H,10H2,1H3,(H,23,25)/b20-11+. The van der Waals surface area contributed by atoms with Gasteiger partial charge < -0.3 is 0 Å². The van der Waals surface area contributed by atoms with Crippen molar-refractivity contribution in [3.63, 3.8) is 0 Å². The number of halogens is 1. The van der Waals surface area contributed by atoms with Crippen LogP contribution in [0.5, 0.6) is 0 Å². The molecule has 1 aliphatic rings. The van der Waals surface area contributed by atoms with E-state index in [1.54, 1.807) is 31.2 Å². The molecule has 1 heterocycles. The van der Waals surface area contributed by atoms with Gasteiger partial charge >= 0.3 is 0 Å². The molecule has 8 nitrogen and oxygen atoms in total. The van der Waals surface area contributed by atoms with E-state index in [1.165, 1.54) is 24.3 Å². The Labute approximate surface area is 154 Å². The van der Waals surface area contributed by atoms with E-state index in [2.05, 4.69) is 21.4 Å². The van der Waals surface area contributed by atoms with E-state index >= 15 is 0 Å². The summed E-state index contributed by atoms with van der Waals surface area (Å²) in [6.07, 6.45) is 0.490. The second-order valence-corrected chi connectivity index (χ2v) is 6.16. The van der Waals surface area contributed by atoms with Crippen LogP contribution in [-0.4, -0.2) is 22.6 Å². The number of carbonyl (C=O) groups excluding carboxylic acids is 1. The summed E-state index contributed by atoms with van der Waals surface area (Å²) in [5.41, 5.74) is 10.5. The minimum absolute atomic E-state index is 0.0105. The fourth-order valence-electron chi connectivity index (χ4n) is 2.75. The first-order valence-electron chi connectivity index (χ1n) is 8.29. The third-order valence-electron chi connectivity index (χ3n) is 4.32. The van der Waals surface area contributed by atoms with Crippen LogP contribution in [0.15, 0.2) is 53.6 Å². The number of hydrazine groups is 1. The molecule has 3 N–H and O–H groups in total. The fourth-order valence-corrected chi connectivity index (χ4v) is 2.75. The molecule has 0 spiro atoms. The molecule has 2 unspecified atom stereocenters. The van der Waals surface area contributed by atoms with Crippen LogP contribution in [0.25, 0.3) is 0 Å². The van der Waals surface area contributed by atoms with Gasteiger partial charge in [0.05, 0.1) is 10.6 Å². The summed E-state index contributed by atoms with van der Waals surface area (Å²) in [7, 11) is 0. The van der Waals surface area contributed by atoms with Crippen molar-refractivity contribution in [1.82, 2.24) is 16.3 Å². The maximum atomic E-state index is 13.0. The number of rotatable bonds is 5.